The second-order valence-electron chi connectivity index (χ2n) is 5.13. The van der Waals surface area contributed by atoms with Gasteiger partial charge in [0.2, 0.25) is 0 Å². The van der Waals surface area contributed by atoms with Crippen LogP contribution >= 0.6 is 23.2 Å². The molecule has 6 heteroatoms. The van der Waals surface area contributed by atoms with Crippen LogP contribution in [0.4, 0.5) is 0 Å². The first-order chi connectivity index (χ1) is 9.02. The molecule has 0 aliphatic carbocycles. The second kappa shape index (κ2) is 6.39. The van der Waals surface area contributed by atoms with Crippen molar-refractivity contribution in [3.8, 4) is 0 Å². The summed E-state index contributed by atoms with van der Waals surface area (Å²) in [5.41, 5.74) is 3.97. The van der Waals surface area contributed by atoms with E-state index in [1.807, 2.05) is 18.2 Å². The summed E-state index contributed by atoms with van der Waals surface area (Å²) in [6.45, 7) is 3.07. The van der Waals surface area contributed by atoms with E-state index >= 15 is 0 Å². The topological polar surface area (TPSA) is 44.5 Å². The first-order valence-electron chi connectivity index (χ1n) is 6.32. The van der Waals surface area contributed by atoms with Gasteiger partial charge >= 0.3 is 0 Å². The molecule has 19 heavy (non-hydrogen) atoms. The molecule has 0 radical (unpaired) electrons. The minimum atomic E-state index is 0.0301. The van der Waals surface area contributed by atoms with Gasteiger partial charge in [0, 0.05) is 25.7 Å². The van der Waals surface area contributed by atoms with Crippen LogP contribution in [0, 0.1) is 0 Å². The van der Waals surface area contributed by atoms with Crippen LogP contribution < -0.4 is 11.3 Å². The lowest BCUT2D eigenvalue weighted by molar-refractivity contribution is 0.0876. The van der Waals surface area contributed by atoms with E-state index in [-0.39, 0.29) is 6.04 Å². The van der Waals surface area contributed by atoms with Crippen molar-refractivity contribution in [3.05, 3.63) is 33.8 Å². The molecule has 1 aromatic carbocycles. The van der Waals surface area contributed by atoms with Crippen molar-refractivity contribution in [2.75, 3.05) is 33.7 Å². The molecule has 3 N–H and O–H groups in total. The lowest BCUT2D eigenvalue weighted by Crippen LogP contribution is -2.56. The fraction of sp³-hybridized carbons (Fsp3) is 0.538. The maximum atomic E-state index is 6.09. The Kier molecular flexibility index (Phi) is 5.06. The molecule has 1 aromatic rings. The van der Waals surface area contributed by atoms with Gasteiger partial charge in [0.25, 0.3) is 0 Å². The van der Waals surface area contributed by atoms with Gasteiger partial charge < -0.3 is 4.90 Å². The highest BCUT2D eigenvalue weighted by molar-refractivity contribution is 6.42. The molecule has 0 bridgehead atoms. The SMILES string of the molecule is CN1CCN(C)C(C(NN)c2ccc(Cl)c(Cl)c2)C1. The van der Waals surface area contributed by atoms with Crippen molar-refractivity contribution in [2.24, 2.45) is 5.84 Å². The molecule has 0 aromatic heterocycles. The molecule has 1 saturated heterocycles. The molecule has 106 valence electrons. The fourth-order valence-electron chi connectivity index (χ4n) is 2.54. The quantitative estimate of drug-likeness (QED) is 0.659. The number of benzene rings is 1. The van der Waals surface area contributed by atoms with Gasteiger partial charge in [-0.15, -0.1) is 0 Å². The van der Waals surface area contributed by atoms with E-state index in [2.05, 4.69) is 29.3 Å². The van der Waals surface area contributed by atoms with Crippen LogP contribution in [0.15, 0.2) is 18.2 Å². The van der Waals surface area contributed by atoms with E-state index in [4.69, 9.17) is 29.0 Å². The summed E-state index contributed by atoms with van der Waals surface area (Å²) in [6, 6.07) is 6.01. The van der Waals surface area contributed by atoms with E-state index < -0.39 is 0 Å². The van der Waals surface area contributed by atoms with Crippen molar-refractivity contribution in [1.82, 2.24) is 15.2 Å². The number of piperazine rings is 1. The molecule has 4 nitrogen and oxygen atoms in total. The molecule has 2 atom stereocenters. The van der Waals surface area contributed by atoms with Crippen LogP contribution in [0.2, 0.25) is 10.0 Å². The maximum Gasteiger partial charge on any atom is 0.0628 e. The lowest BCUT2D eigenvalue weighted by Gasteiger charge is -2.41. The Balaban J connectivity index is 2.25. The number of hydrogen-bond donors (Lipinski definition) is 2. The summed E-state index contributed by atoms with van der Waals surface area (Å²) in [5.74, 6) is 5.76. The highest BCUT2D eigenvalue weighted by atomic mass is 35.5. The Hall–Kier alpha value is -0.360. The molecule has 1 aliphatic rings. The monoisotopic (exact) mass is 302 g/mol. The fourth-order valence-corrected chi connectivity index (χ4v) is 2.85. The Labute approximate surface area is 124 Å². The number of likely N-dealkylation sites (N-methyl/N-ethyl adjacent to an activating group) is 2. The summed E-state index contributed by atoms with van der Waals surface area (Å²) >= 11 is 12.1. The van der Waals surface area contributed by atoms with Crippen LogP contribution in [0.25, 0.3) is 0 Å². The first-order valence-corrected chi connectivity index (χ1v) is 7.08. The third-order valence-corrected chi connectivity index (χ3v) is 4.51. The largest absolute Gasteiger partial charge is 0.303 e. The van der Waals surface area contributed by atoms with Crippen molar-refractivity contribution in [1.29, 1.82) is 0 Å². The standard InChI is InChI=1S/C13H20Cl2N4/c1-18-5-6-19(2)12(8-18)13(17-16)9-3-4-10(14)11(15)7-9/h3-4,7,12-13,17H,5-6,8,16H2,1-2H3. The lowest BCUT2D eigenvalue weighted by atomic mass is 9.97. The van der Waals surface area contributed by atoms with Gasteiger partial charge in [-0.25, -0.2) is 0 Å². The summed E-state index contributed by atoms with van der Waals surface area (Å²) in [7, 11) is 4.25. The first kappa shape index (κ1) is 15.0. The van der Waals surface area contributed by atoms with Crippen LogP contribution in [0.1, 0.15) is 11.6 Å². The van der Waals surface area contributed by atoms with Gasteiger partial charge in [0.05, 0.1) is 16.1 Å². The van der Waals surface area contributed by atoms with Gasteiger partial charge in [-0.05, 0) is 31.8 Å². The minimum Gasteiger partial charge on any atom is -0.303 e. The minimum absolute atomic E-state index is 0.0301. The highest BCUT2D eigenvalue weighted by Gasteiger charge is 2.30. The maximum absolute atomic E-state index is 6.09. The molecular formula is C13H20Cl2N4. The van der Waals surface area contributed by atoms with Gasteiger partial charge in [0.15, 0.2) is 0 Å². The molecule has 2 rings (SSSR count). The smallest absolute Gasteiger partial charge is 0.0628 e. The number of nitrogens with one attached hydrogen (secondary N) is 1. The van der Waals surface area contributed by atoms with Gasteiger partial charge in [-0.2, -0.15) is 0 Å². The number of nitrogens with two attached hydrogens (primary N) is 1. The Bertz CT molecular complexity index is 441. The zero-order chi connectivity index (χ0) is 14.0. The number of hydrogen-bond acceptors (Lipinski definition) is 4. The third-order valence-electron chi connectivity index (χ3n) is 3.77. The molecule has 1 aliphatic heterocycles. The zero-order valence-electron chi connectivity index (χ0n) is 11.2. The number of hydrazine groups is 1. The zero-order valence-corrected chi connectivity index (χ0v) is 12.7. The molecule has 1 heterocycles. The van der Waals surface area contributed by atoms with Crippen molar-refractivity contribution in [2.45, 2.75) is 12.1 Å². The van der Waals surface area contributed by atoms with E-state index in [1.165, 1.54) is 0 Å². The van der Waals surface area contributed by atoms with Crippen molar-refractivity contribution < 1.29 is 0 Å². The Morgan fingerprint density at radius 1 is 1.26 bits per heavy atom. The van der Waals surface area contributed by atoms with Crippen LogP contribution in [-0.2, 0) is 0 Å². The molecule has 0 saturated carbocycles. The Morgan fingerprint density at radius 2 is 2.00 bits per heavy atom. The predicted molar refractivity (Wildman–Crippen MR) is 80.4 cm³/mol. The summed E-state index contributed by atoms with van der Waals surface area (Å²) in [4.78, 5) is 4.64. The van der Waals surface area contributed by atoms with E-state index in [1.54, 1.807) is 0 Å². The van der Waals surface area contributed by atoms with E-state index in [0.717, 1.165) is 25.2 Å². The highest BCUT2D eigenvalue weighted by Crippen LogP contribution is 2.28. The summed E-state index contributed by atoms with van der Waals surface area (Å²) in [5, 5.41) is 1.13. The predicted octanol–water partition coefficient (Wildman–Crippen LogP) is 1.74. The number of halogens is 2. The molecule has 0 amide bonds. The third kappa shape index (κ3) is 3.40. The van der Waals surface area contributed by atoms with Crippen molar-refractivity contribution >= 4 is 23.2 Å². The molecular weight excluding hydrogens is 283 g/mol. The average molecular weight is 303 g/mol. The average Bonchev–Trinajstić information content (AvgIpc) is 2.38. The number of nitrogens with zero attached hydrogens (tertiary/aromatic N) is 2. The second-order valence-corrected chi connectivity index (χ2v) is 5.94. The molecule has 0 spiro atoms. The molecule has 2 unspecified atom stereocenters. The Morgan fingerprint density at radius 3 is 2.63 bits per heavy atom. The summed E-state index contributed by atoms with van der Waals surface area (Å²) in [6.07, 6.45) is 0. The van der Waals surface area contributed by atoms with Crippen LogP contribution in [-0.4, -0.2) is 49.6 Å². The normalized spacial score (nSPS) is 23.5. The van der Waals surface area contributed by atoms with Crippen LogP contribution in [0.3, 0.4) is 0 Å². The number of rotatable bonds is 3. The van der Waals surface area contributed by atoms with E-state index in [0.29, 0.717) is 16.1 Å². The van der Waals surface area contributed by atoms with Gasteiger partial charge in [0.1, 0.15) is 0 Å². The van der Waals surface area contributed by atoms with Crippen molar-refractivity contribution in [3.63, 3.8) is 0 Å². The molecule has 1 fully saturated rings. The van der Waals surface area contributed by atoms with Crippen LogP contribution in [0.5, 0.6) is 0 Å². The van der Waals surface area contributed by atoms with E-state index in [9.17, 15) is 0 Å². The van der Waals surface area contributed by atoms with Gasteiger partial charge in [-0.1, -0.05) is 29.3 Å². The van der Waals surface area contributed by atoms with Gasteiger partial charge in [-0.3, -0.25) is 16.2 Å². The summed E-state index contributed by atoms with van der Waals surface area (Å²) < 4.78 is 0.